The molecule has 19 heteroatoms. The molecule has 0 bridgehead atoms. The van der Waals surface area contributed by atoms with Crippen LogP contribution >= 0.6 is 15.6 Å². The summed E-state index contributed by atoms with van der Waals surface area (Å²) in [7, 11) is -9.94. The molecule has 0 amide bonds. The highest BCUT2D eigenvalue weighted by molar-refractivity contribution is 7.47. The summed E-state index contributed by atoms with van der Waals surface area (Å²) in [5.74, 6) is -2.18. The van der Waals surface area contributed by atoms with Gasteiger partial charge >= 0.3 is 39.5 Å². The van der Waals surface area contributed by atoms with E-state index in [2.05, 4.69) is 101 Å². The molecule has 0 aromatic rings. The summed E-state index contributed by atoms with van der Waals surface area (Å²) in [6.45, 7) is 4.72. The molecule has 0 heterocycles. The third kappa shape index (κ3) is 70.9. The first kappa shape index (κ1) is 94.5. The van der Waals surface area contributed by atoms with Crippen molar-refractivity contribution in [2.45, 2.75) is 367 Å². The van der Waals surface area contributed by atoms with Gasteiger partial charge in [-0.25, -0.2) is 9.13 Å². The second kappa shape index (κ2) is 71.9. The minimum atomic E-state index is -4.98. The molecule has 0 aliphatic heterocycles. The lowest BCUT2D eigenvalue weighted by Gasteiger charge is -2.21. The molecule has 0 fully saturated rings. The van der Waals surface area contributed by atoms with Crippen LogP contribution in [-0.2, 0) is 65.4 Å². The number of hydrogen-bond acceptors (Lipinski definition) is 15. The Hall–Kier alpha value is -3.50. The Kier molecular flexibility index (Phi) is 69.3. The zero-order valence-electron chi connectivity index (χ0n) is 62.2. The van der Waals surface area contributed by atoms with Gasteiger partial charge in [-0.2, -0.15) is 0 Å². The van der Waals surface area contributed by atoms with Crippen LogP contribution in [0.15, 0.2) is 72.9 Å². The van der Waals surface area contributed by atoms with E-state index in [-0.39, 0.29) is 25.7 Å². The van der Waals surface area contributed by atoms with E-state index in [0.29, 0.717) is 25.7 Å². The quantitative estimate of drug-likeness (QED) is 0.0169. The van der Waals surface area contributed by atoms with Crippen LogP contribution in [0.1, 0.15) is 349 Å². The standard InChI is InChI=1S/C79H142O17P2/c1-5-9-13-17-21-25-29-32-35-36-39-41-45-48-52-56-60-64-77(82)90-70-75(96-79(84)66-62-58-54-50-46-42-38-34-31-27-23-19-15-11-7-3)72-94-98(87,88)92-68-73(80)67-91-97(85,86)93-71-74(95-78(83)65-61-57-53-49-43-28-24-20-16-12-8-4)69-89-76(81)63-59-55-51-47-44-40-37-33-30-26-22-18-14-10-6-2/h9,13,20-21,23-25,27,32,34-35,38,73-75,80H,5-8,10-12,14-19,22,26,28-31,33,36-37,39-72H2,1-4H3,(H,85,86)(H,87,88)/b13-9-,24-20-,25-21-,27-23-,35-32-,38-34-. The molecular formula is C79H142O17P2. The van der Waals surface area contributed by atoms with Crippen LogP contribution in [-0.4, -0.2) is 96.7 Å². The monoisotopic (exact) mass is 1420 g/mol. The van der Waals surface area contributed by atoms with E-state index < -0.39 is 97.5 Å². The SMILES string of the molecule is CC/C=C\C/C=C\C/C=C\CCCCCCCCCC(=O)OCC(COP(=O)(O)OCC(O)COP(=O)(O)OCC(COC(=O)CCCCCCCCCCCCCCCCC)OC(=O)CCCCCCC/C=C\CCCC)OC(=O)CCCCCCC/C=C\C/C=C\CCCCC. The van der Waals surface area contributed by atoms with E-state index in [0.717, 1.165) is 167 Å². The molecule has 0 aliphatic carbocycles. The van der Waals surface area contributed by atoms with Crippen LogP contribution in [0.4, 0.5) is 0 Å². The smallest absolute Gasteiger partial charge is 0.462 e. The lowest BCUT2D eigenvalue weighted by molar-refractivity contribution is -0.161. The van der Waals surface area contributed by atoms with Crippen LogP contribution in [0.25, 0.3) is 0 Å². The maximum atomic E-state index is 13.1. The molecule has 570 valence electrons. The molecule has 17 nitrogen and oxygen atoms in total. The molecule has 5 unspecified atom stereocenters. The van der Waals surface area contributed by atoms with Gasteiger partial charge in [-0.3, -0.25) is 37.3 Å². The summed E-state index contributed by atoms with van der Waals surface area (Å²) in [5.41, 5.74) is 0. The number of aliphatic hydroxyl groups excluding tert-OH is 1. The van der Waals surface area contributed by atoms with Gasteiger partial charge in [-0.1, -0.05) is 287 Å². The third-order valence-corrected chi connectivity index (χ3v) is 18.6. The molecule has 3 N–H and O–H groups in total. The number of carbonyl (C=O) groups excluding carboxylic acids is 4. The summed E-state index contributed by atoms with van der Waals surface area (Å²) in [5, 5.41) is 10.6. The molecule has 5 atom stereocenters. The van der Waals surface area contributed by atoms with Crippen molar-refractivity contribution in [3.8, 4) is 0 Å². The number of phosphoric ester groups is 2. The van der Waals surface area contributed by atoms with Crippen LogP contribution in [0.2, 0.25) is 0 Å². The Labute approximate surface area is 596 Å². The number of allylic oxidation sites excluding steroid dienone is 12. The Balaban J connectivity index is 5.31. The molecule has 0 aromatic carbocycles. The van der Waals surface area contributed by atoms with Crippen molar-refractivity contribution in [2.75, 3.05) is 39.6 Å². The maximum absolute atomic E-state index is 13.1. The number of rotatable bonds is 74. The van der Waals surface area contributed by atoms with Crippen LogP contribution < -0.4 is 0 Å². The first-order valence-corrected chi connectivity index (χ1v) is 42.2. The van der Waals surface area contributed by atoms with Crippen molar-refractivity contribution in [1.29, 1.82) is 0 Å². The fourth-order valence-electron chi connectivity index (χ4n) is 10.7. The predicted octanol–water partition coefficient (Wildman–Crippen LogP) is 22.4. The predicted molar refractivity (Wildman–Crippen MR) is 400 cm³/mol. The Morgan fingerprint density at radius 1 is 0.296 bits per heavy atom. The molecule has 0 rings (SSSR count). The zero-order chi connectivity index (χ0) is 71.8. The zero-order valence-corrected chi connectivity index (χ0v) is 64.0. The maximum Gasteiger partial charge on any atom is 0.472 e. The van der Waals surface area contributed by atoms with Crippen molar-refractivity contribution < 1.29 is 80.2 Å². The molecule has 0 saturated heterocycles. The highest BCUT2D eigenvalue weighted by Crippen LogP contribution is 2.45. The lowest BCUT2D eigenvalue weighted by atomic mass is 10.0. The fourth-order valence-corrected chi connectivity index (χ4v) is 12.2. The summed E-state index contributed by atoms with van der Waals surface area (Å²) >= 11 is 0. The average molecular weight is 1430 g/mol. The van der Waals surface area contributed by atoms with Gasteiger partial charge in [0.2, 0.25) is 0 Å². The van der Waals surface area contributed by atoms with Gasteiger partial charge < -0.3 is 33.8 Å². The summed E-state index contributed by atoms with van der Waals surface area (Å²) < 4.78 is 68.5. The van der Waals surface area contributed by atoms with Crippen molar-refractivity contribution >= 4 is 39.5 Å². The highest BCUT2D eigenvalue weighted by atomic mass is 31.2. The fraction of sp³-hybridized carbons (Fsp3) is 0.797. The summed E-state index contributed by atoms with van der Waals surface area (Å²) in [4.78, 5) is 72.9. The third-order valence-electron chi connectivity index (χ3n) is 16.7. The van der Waals surface area contributed by atoms with E-state index in [1.807, 2.05) is 0 Å². The van der Waals surface area contributed by atoms with E-state index >= 15 is 0 Å². The molecule has 0 radical (unpaired) electrons. The Morgan fingerprint density at radius 3 is 0.878 bits per heavy atom. The van der Waals surface area contributed by atoms with E-state index in [9.17, 15) is 43.2 Å². The second-order valence-electron chi connectivity index (χ2n) is 26.3. The number of hydrogen-bond donors (Lipinski definition) is 3. The van der Waals surface area contributed by atoms with Gasteiger partial charge in [0, 0.05) is 25.7 Å². The van der Waals surface area contributed by atoms with E-state index in [1.165, 1.54) is 103 Å². The number of aliphatic hydroxyl groups is 1. The number of unbranched alkanes of at least 4 members (excludes halogenated alkanes) is 36. The van der Waals surface area contributed by atoms with Crippen molar-refractivity contribution in [3.63, 3.8) is 0 Å². The first-order valence-electron chi connectivity index (χ1n) is 39.2. The van der Waals surface area contributed by atoms with Crippen LogP contribution in [0.5, 0.6) is 0 Å². The second-order valence-corrected chi connectivity index (χ2v) is 29.2. The van der Waals surface area contributed by atoms with Crippen LogP contribution in [0.3, 0.4) is 0 Å². The summed E-state index contributed by atoms with van der Waals surface area (Å²) in [6, 6.07) is 0. The van der Waals surface area contributed by atoms with Gasteiger partial charge in [0.05, 0.1) is 26.4 Å². The van der Waals surface area contributed by atoms with Gasteiger partial charge in [-0.05, 0) is 109 Å². The van der Waals surface area contributed by atoms with Gasteiger partial charge in [-0.15, -0.1) is 0 Å². The van der Waals surface area contributed by atoms with Gasteiger partial charge in [0.15, 0.2) is 12.2 Å². The number of ether oxygens (including phenoxy) is 4. The average Bonchev–Trinajstić information content (AvgIpc) is 0.986. The molecule has 0 aliphatic rings. The number of esters is 4. The summed E-state index contributed by atoms with van der Waals surface area (Å²) in [6.07, 6.45) is 71.7. The van der Waals surface area contributed by atoms with Crippen LogP contribution in [0, 0.1) is 0 Å². The Bertz CT molecular complexity index is 2140. The van der Waals surface area contributed by atoms with Crippen molar-refractivity contribution in [2.24, 2.45) is 0 Å². The number of carbonyl (C=O) groups is 4. The lowest BCUT2D eigenvalue weighted by Crippen LogP contribution is -2.30. The van der Waals surface area contributed by atoms with E-state index in [4.69, 9.17) is 37.0 Å². The minimum Gasteiger partial charge on any atom is -0.462 e. The molecular weight excluding hydrogens is 1280 g/mol. The largest absolute Gasteiger partial charge is 0.472 e. The topological polar surface area (TPSA) is 237 Å². The number of phosphoric acid groups is 2. The van der Waals surface area contributed by atoms with Crippen molar-refractivity contribution in [1.82, 2.24) is 0 Å². The molecule has 0 aromatic heterocycles. The first-order chi connectivity index (χ1) is 47.7. The molecule has 0 spiro atoms. The normalized spacial score (nSPS) is 14.3. The van der Waals surface area contributed by atoms with Crippen molar-refractivity contribution in [3.05, 3.63) is 72.9 Å². The van der Waals surface area contributed by atoms with Gasteiger partial charge in [0.1, 0.15) is 19.3 Å². The van der Waals surface area contributed by atoms with Gasteiger partial charge in [0.25, 0.3) is 0 Å². The molecule has 98 heavy (non-hydrogen) atoms. The van der Waals surface area contributed by atoms with E-state index in [1.54, 1.807) is 0 Å². The molecule has 0 saturated carbocycles. The minimum absolute atomic E-state index is 0.0788. The highest BCUT2D eigenvalue weighted by Gasteiger charge is 2.30. The Morgan fingerprint density at radius 2 is 0.541 bits per heavy atom.